The van der Waals surface area contributed by atoms with Gasteiger partial charge in [0.05, 0.1) is 5.41 Å². The summed E-state index contributed by atoms with van der Waals surface area (Å²) in [5.74, 6) is -0.468. The lowest BCUT2D eigenvalue weighted by Gasteiger charge is -2.40. The second-order valence-corrected chi connectivity index (χ2v) is 7.34. The second kappa shape index (κ2) is 8.06. The zero-order chi connectivity index (χ0) is 19.4. The molecule has 1 N–H and O–H groups in total. The molecule has 1 saturated carbocycles. The molecule has 0 radical (unpaired) electrons. The summed E-state index contributed by atoms with van der Waals surface area (Å²) in [5, 5.41) is 2.87. The van der Waals surface area contributed by atoms with Gasteiger partial charge in [-0.05, 0) is 30.5 Å². The topological polar surface area (TPSA) is 69.7 Å². The lowest BCUT2D eigenvalue weighted by molar-refractivity contribution is -0.138. The standard InChI is InChI=1S/C20H26FN3O3/c1-15(25)23-10-12-24(13-11-23)18(26)6-9-22-19(27)20(7-3-8-20)16-4-2-5-17(21)14-16/h2,4-5,14H,3,6-13H2,1H3,(H,22,27). The van der Waals surface area contributed by atoms with Gasteiger partial charge in [-0.1, -0.05) is 18.6 Å². The van der Waals surface area contributed by atoms with Crippen molar-refractivity contribution in [1.29, 1.82) is 0 Å². The van der Waals surface area contributed by atoms with Crippen LogP contribution in [0.3, 0.4) is 0 Å². The van der Waals surface area contributed by atoms with Crippen molar-refractivity contribution in [3.8, 4) is 0 Å². The number of piperazine rings is 1. The first kappa shape index (κ1) is 19.3. The normalized spacial score (nSPS) is 18.6. The molecule has 3 amide bonds. The molecule has 0 unspecified atom stereocenters. The van der Waals surface area contributed by atoms with Crippen LogP contribution in [0.25, 0.3) is 0 Å². The lowest BCUT2D eigenvalue weighted by atomic mass is 9.64. The van der Waals surface area contributed by atoms with Crippen LogP contribution < -0.4 is 5.32 Å². The average Bonchev–Trinajstić information content (AvgIpc) is 2.61. The van der Waals surface area contributed by atoms with Gasteiger partial charge >= 0.3 is 0 Å². The molecule has 3 rings (SSSR count). The Labute approximate surface area is 158 Å². The summed E-state index contributed by atoms with van der Waals surface area (Å²) >= 11 is 0. The minimum absolute atomic E-state index is 0.0214. The molecule has 27 heavy (non-hydrogen) atoms. The maximum absolute atomic E-state index is 13.6. The third-order valence-electron chi connectivity index (χ3n) is 5.72. The van der Waals surface area contributed by atoms with Crippen molar-refractivity contribution < 1.29 is 18.8 Å². The van der Waals surface area contributed by atoms with Gasteiger partial charge in [-0.3, -0.25) is 14.4 Å². The smallest absolute Gasteiger partial charge is 0.230 e. The molecule has 0 spiro atoms. The fourth-order valence-corrected chi connectivity index (χ4v) is 3.84. The van der Waals surface area contributed by atoms with Crippen LogP contribution in [-0.2, 0) is 19.8 Å². The third-order valence-corrected chi connectivity index (χ3v) is 5.72. The fraction of sp³-hybridized carbons (Fsp3) is 0.550. The van der Waals surface area contributed by atoms with E-state index in [0.717, 1.165) is 6.42 Å². The summed E-state index contributed by atoms with van der Waals surface area (Å²) < 4.78 is 13.6. The summed E-state index contributed by atoms with van der Waals surface area (Å²) in [6.07, 6.45) is 2.56. The number of halogens is 1. The Bertz CT molecular complexity index is 725. The van der Waals surface area contributed by atoms with Crippen LogP contribution in [0.1, 0.15) is 38.2 Å². The molecule has 0 bridgehead atoms. The third kappa shape index (κ3) is 4.12. The highest BCUT2D eigenvalue weighted by Gasteiger charge is 2.45. The Morgan fingerprint density at radius 1 is 1.11 bits per heavy atom. The van der Waals surface area contributed by atoms with E-state index in [9.17, 15) is 18.8 Å². The largest absolute Gasteiger partial charge is 0.355 e. The van der Waals surface area contributed by atoms with E-state index in [0.29, 0.717) is 44.6 Å². The first-order chi connectivity index (χ1) is 12.9. The van der Waals surface area contributed by atoms with Gasteiger partial charge in [0.25, 0.3) is 0 Å². The number of carbonyl (C=O) groups excluding carboxylic acids is 3. The summed E-state index contributed by atoms with van der Waals surface area (Å²) in [6, 6.07) is 6.22. The Morgan fingerprint density at radius 3 is 2.33 bits per heavy atom. The summed E-state index contributed by atoms with van der Waals surface area (Å²) in [4.78, 5) is 39.9. The number of hydrogen-bond acceptors (Lipinski definition) is 3. The van der Waals surface area contributed by atoms with Crippen LogP contribution in [0.4, 0.5) is 4.39 Å². The van der Waals surface area contributed by atoms with Crippen molar-refractivity contribution in [2.45, 2.75) is 38.0 Å². The molecule has 1 aromatic carbocycles. The Kier molecular flexibility index (Phi) is 5.77. The Morgan fingerprint density at radius 2 is 1.78 bits per heavy atom. The molecule has 2 fully saturated rings. The lowest BCUT2D eigenvalue weighted by Crippen LogP contribution is -2.51. The molecule has 0 aromatic heterocycles. The quantitative estimate of drug-likeness (QED) is 0.847. The van der Waals surface area contributed by atoms with Crippen molar-refractivity contribution >= 4 is 17.7 Å². The molecule has 7 heteroatoms. The molecule has 2 aliphatic rings. The SMILES string of the molecule is CC(=O)N1CCN(C(=O)CCNC(=O)C2(c3cccc(F)c3)CCC2)CC1. The molecule has 1 aliphatic heterocycles. The van der Waals surface area contributed by atoms with E-state index >= 15 is 0 Å². The van der Waals surface area contributed by atoms with E-state index in [1.165, 1.54) is 19.1 Å². The number of nitrogens with one attached hydrogen (secondary N) is 1. The molecular formula is C20H26FN3O3. The number of nitrogens with zero attached hydrogens (tertiary/aromatic N) is 2. The van der Waals surface area contributed by atoms with Crippen LogP contribution in [-0.4, -0.2) is 60.2 Å². The van der Waals surface area contributed by atoms with Crippen LogP contribution >= 0.6 is 0 Å². The van der Waals surface area contributed by atoms with Gasteiger partial charge in [-0.25, -0.2) is 4.39 Å². The molecule has 0 atom stereocenters. The molecule has 146 valence electrons. The number of benzene rings is 1. The number of amides is 3. The van der Waals surface area contributed by atoms with Gasteiger partial charge in [-0.15, -0.1) is 0 Å². The molecule has 6 nitrogen and oxygen atoms in total. The monoisotopic (exact) mass is 375 g/mol. The highest BCUT2D eigenvalue weighted by atomic mass is 19.1. The highest BCUT2D eigenvalue weighted by molar-refractivity contribution is 5.89. The van der Waals surface area contributed by atoms with Gasteiger partial charge in [0.1, 0.15) is 5.82 Å². The fourth-order valence-electron chi connectivity index (χ4n) is 3.84. The molecular weight excluding hydrogens is 349 g/mol. The minimum atomic E-state index is -0.668. The van der Waals surface area contributed by atoms with Gasteiger partial charge in [0.2, 0.25) is 17.7 Å². The van der Waals surface area contributed by atoms with Crippen molar-refractivity contribution in [3.05, 3.63) is 35.6 Å². The van der Waals surface area contributed by atoms with E-state index in [1.807, 2.05) is 0 Å². The van der Waals surface area contributed by atoms with Crippen LogP contribution in [0, 0.1) is 5.82 Å². The van der Waals surface area contributed by atoms with E-state index in [1.54, 1.807) is 21.9 Å². The maximum Gasteiger partial charge on any atom is 0.230 e. The second-order valence-electron chi connectivity index (χ2n) is 7.34. The zero-order valence-corrected chi connectivity index (χ0v) is 15.7. The Balaban J connectivity index is 1.49. The van der Waals surface area contributed by atoms with Gasteiger partial charge in [0, 0.05) is 46.1 Å². The van der Waals surface area contributed by atoms with E-state index in [2.05, 4.69) is 5.32 Å². The summed E-state index contributed by atoms with van der Waals surface area (Å²) in [6.45, 7) is 3.95. The van der Waals surface area contributed by atoms with Crippen molar-refractivity contribution in [3.63, 3.8) is 0 Å². The van der Waals surface area contributed by atoms with Crippen molar-refractivity contribution in [2.75, 3.05) is 32.7 Å². The minimum Gasteiger partial charge on any atom is -0.355 e. The number of carbonyl (C=O) groups is 3. The van der Waals surface area contributed by atoms with Crippen molar-refractivity contribution in [1.82, 2.24) is 15.1 Å². The maximum atomic E-state index is 13.6. The van der Waals surface area contributed by atoms with Gasteiger partial charge < -0.3 is 15.1 Å². The van der Waals surface area contributed by atoms with E-state index in [4.69, 9.17) is 0 Å². The Hall–Kier alpha value is -2.44. The molecule has 1 aromatic rings. The van der Waals surface area contributed by atoms with Crippen LogP contribution in [0.5, 0.6) is 0 Å². The molecule has 1 heterocycles. The molecule has 1 saturated heterocycles. The zero-order valence-electron chi connectivity index (χ0n) is 15.7. The summed E-state index contributed by atoms with van der Waals surface area (Å²) in [5.41, 5.74) is 0.0380. The summed E-state index contributed by atoms with van der Waals surface area (Å²) in [7, 11) is 0. The number of hydrogen-bond donors (Lipinski definition) is 1. The average molecular weight is 375 g/mol. The predicted molar refractivity (Wildman–Crippen MR) is 98.4 cm³/mol. The van der Waals surface area contributed by atoms with E-state index in [-0.39, 0.29) is 36.5 Å². The van der Waals surface area contributed by atoms with Crippen molar-refractivity contribution in [2.24, 2.45) is 0 Å². The van der Waals surface area contributed by atoms with Crippen LogP contribution in [0.2, 0.25) is 0 Å². The highest BCUT2D eigenvalue weighted by Crippen LogP contribution is 2.44. The van der Waals surface area contributed by atoms with Crippen LogP contribution in [0.15, 0.2) is 24.3 Å². The molecule has 1 aliphatic carbocycles. The number of rotatable bonds is 5. The first-order valence-electron chi connectivity index (χ1n) is 9.50. The van der Waals surface area contributed by atoms with Gasteiger partial charge in [0.15, 0.2) is 0 Å². The predicted octanol–water partition coefficient (Wildman–Crippen LogP) is 1.44. The van der Waals surface area contributed by atoms with Gasteiger partial charge in [-0.2, -0.15) is 0 Å². The first-order valence-corrected chi connectivity index (χ1v) is 9.50. The van der Waals surface area contributed by atoms with E-state index < -0.39 is 5.41 Å².